The SMILES string of the molecule is CCOC(=O)C(Cc1ccc2c(c1)OCO2)C(C)=O. The van der Waals surface area contributed by atoms with E-state index in [4.69, 9.17) is 14.2 Å². The fourth-order valence-corrected chi connectivity index (χ4v) is 1.94. The van der Waals surface area contributed by atoms with E-state index in [9.17, 15) is 9.59 Å². The largest absolute Gasteiger partial charge is 0.465 e. The summed E-state index contributed by atoms with van der Waals surface area (Å²) in [5.41, 5.74) is 0.845. The van der Waals surface area contributed by atoms with Crippen LogP contribution in [-0.4, -0.2) is 25.2 Å². The number of ether oxygens (including phenoxy) is 3. The summed E-state index contributed by atoms with van der Waals surface area (Å²) in [6.07, 6.45) is 0.310. The van der Waals surface area contributed by atoms with Crippen molar-refractivity contribution in [1.82, 2.24) is 0 Å². The van der Waals surface area contributed by atoms with Crippen LogP contribution in [0.3, 0.4) is 0 Å². The van der Waals surface area contributed by atoms with E-state index in [0.717, 1.165) is 5.56 Å². The van der Waals surface area contributed by atoms with Gasteiger partial charge in [0.2, 0.25) is 6.79 Å². The molecule has 0 bridgehead atoms. The van der Waals surface area contributed by atoms with Gasteiger partial charge in [0.15, 0.2) is 11.5 Å². The number of carbonyl (C=O) groups excluding carboxylic acids is 2. The van der Waals surface area contributed by atoms with Gasteiger partial charge in [0.1, 0.15) is 11.7 Å². The van der Waals surface area contributed by atoms with Gasteiger partial charge in [0, 0.05) is 0 Å². The molecule has 102 valence electrons. The molecule has 0 amide bonds. The fraction of sp³-hybridized carbons (Fsp3) is 0.429. The van der Waals surface area contributed by atoms with Crippen molar-refractivity contribution in [3.05, 3.63) is 23.8 Å². The molecule has 0 spiro atoms. The van der Waals surface area contributed by atoms with E-state index in [1.807, 2.05) is 6.07 Å². The summed E-state index contributed by atoms with van der Waals surface area (Å²) in [5, 5.41) is 0. The predicted molar refractivity (Wildman–Crippen MR) is 67.1 cm³/mol. The van der Waals surface area contributed by atoms with Gasteiger partial charge in [-0.1, -0.05) is 6.07 Å². The van der Waals surface area contributed by atoms with E-state index in [1.54, 1.807) is 19.1 Å². The Hall–Kier alpha value is -2.04. The van der Waals surface area contributed by atoms with E-state index < -0.39 is 11.9 Å². The standard InChI is InChI=1S/C14H16O5/c1-3-17-14(16)11(9(2)15)6-10-4-5-12-13(7-10)19-8-18-12/h4-5,7,11H,3,6,8H2,1-2H3. The van der Waals surface area contributed by atoms with Crippen molar-refractivity contribution in [3.63, 3.8) is 0 Å². The molecule has 1 aliphatic heterocycles. The molecule has 0 aliphatic carbocycles. The first kappa shape index (κ1) is 13.4. The van der Waals surface area contributed by atoms with Crippen LogP contribution in [0.15, 0.2) is 18.2 Å². The Morgan fingerprint density at radius 1 is 1.32 bits per heavy atom. The van der Waals surface area contributed by atoms with Gasteiger partial charge in [-0.15, -0.1) is 0 Å². The molecule has 1 aromatic rings. The van der Waals surface area contributed by atoms with Crippen LogP contribution in [0.25, 0.3) is 0 Å². The van der Waals surface area contributed by atoms with E-state index in [-0.39, 0.29) is 19.2 Å². The first-order valence-corrected chi connectivity index (χ1v) is 6.17. The van der Waals surface area contributed by atoms with E-state index in [0.29, 0.717) is 17.9 Å². The Bertz CT molecular complexity index is 495. The minimum Gasteiger partial charge on any atom is -0.465 e. The Morgan fingerprint density at radius 2 is 2.05 bits per heavy atom. The highest BCUT2D eigenvalue weighted by Gasteiger charge is 2.25. The summed E-state index contributed by atoms with van der Waals surface area (Å²) in [6.45, 7) is 3.58. The zero-order chi connectivity index (χ0) is 13.8. The second-order valence-electron chi connectivity index (χ2n) is 4.31. The molecule has 0 radical (unpaired) electrons. The molecular weight excluding hydrogens is 248 g/mol. The highest BCUT2D eigenvalue weighted by Crippen LogP contribution is 2.33. The minimum atomic E-state index is -0.764. The third-order valence-corrected chi connectivity index (χ3v) is 2.94. The zero-order valence-corrected chi connectivity index (χ0v) is 11.0. The van der Waals surface area contributed by atoms with Gasteiger partial charge < -0.3 is 14.2 Å². The lowest BCUT2D eigenvalue weighted by molar-refractivity contribution is -0.151. The van der Waals surface area contributed by atoms with Crippen molar-refractivity contribution in [2.24, 2.45) is 5.92 Å². The third-order valence-electron chi connectivity index (χ3n) is 2.94. The zero-order valence-electron chi connectivity index (χ0n) is 11.0. The number of Topliss-reactive ketones (excluding diaryl/α,β-unsaturated/α-hetero) is 1. The van der Waals surface area contributed by atoms with Crippen molar-refractivity contribution in [2.45, 2.75) is 20.3 Å². The number of esters is 1. The Morgan fingerprint density at radius 3 is 2.74 bits per heavy atom. The monoisotopic (exact) mass is 264 g/mol. The average molecular weight is 264 g/mol. The second-order valence-corrected chi connectivity index (χ2v) is 4.31. The molecular formula is C14H16O5. The normalized spacial score (nSPS) is 14.0. The molecule has 0 N–H and O–H groups in total. The molecule has 0 saturated carbocycles. The van der Waals surface area contributed by atoms with Crippen molar-refractivity contribution >= 4 is 11.8 Å². The lowest BCUT2D eigenvalue weighted by Crippen LogP contribution is -2.26. The van der Waals surface area contributed by atoms with Crippen molar-refractivity contribution < 1.29 is 23.8 Å². The molecule has 1 aromatic carbocycles. The maximum absolute atomic E-state index is 11.7. The molecule has 1 aliphatic rings. The number of hydrogen-bond donors (Lipinski definition) is 0. The quantitative estimate of drug-likeness (QED) is 0.598. The van der Waals surface area contributed by atoms with E-state index in [1.165, 1.54) is 6.92 Å². The second kappa shape index (κ2) is 5.73. The van der Waals surface area contributed by atoms with Gasteiger partial charge in [-0.05, 0) is 38.0 Å². The minimum absolute atomic E-state index is 0.198. The van der Waals surface area contributed by atoms with Crippen LogP contribution < -0.4 is 9.47 Å². The van der Waals surface area contributed by atoms with Crippen LogP contribution >= 0.6 is 0 Å². The summed E-state index contributed by atoms with van der Waals surface area (Å²) in [5.74, 6) is -0.118. The Labute approximate surface area is 111 Å². The van der Waals surface area contributed by atoms with Gasteiger partial charge in [-0.3, -0.25) is 9.59 Å². The summed E-state index contributed by atoms with van der Waals surface area (Å²) in [4.78, 5) is 23.3. The number of rotatable bonds is 5. The molecule has 1 heterocycles. The summed E-state index contributed by atoms with van der Waals surface area (Å²) in [6, 6.07) is 5.39. The lowest BCUT2D eigenvalue weighted by Gasteiger charge is -2.12. The first-order valence-electron chi connectivity index (χ1n) is 6.17. The van der Waals surface area contributed by atoms with Gasteiger partial charge >= 0.3 is 5.97 Å². The van der Waals surface area contributed by atoms with Crippen molar-refractivity contribution in [2.75, 3.05) is 13.4 Å². The number of fused-ring (bicyclic) bond motifs is 1. The van der Waals surface area contributed by atoms with Crippen LogP contribution in [0.1, 0.15) is 19.4 Å². The molecule has 5 nitrogen and oxygen atoms in total. The van der Waals surface area contributed by atoms with Crippen molar-refractivity contribution in [1.29, 1.82) is 0 Å². The van der Waals surface area contributed by atoms with E-state index >= 15 is 0 Å². The van der Waals surface area contributed by atoms with Crippen LogP contribution in [0.4, 0.5) is 0 Å². The smallest absolute Gasteiger partial charge is 0.316 e. The molecule has 2 rings (SSSR count). The third kappa shape index (κ3) is 3.05. The van der Waals surface area contributed by atoms with Crippen LogP contribution in [0.5, 0.6) is 11.5 Å². The molecule has 0 aromatic heterocycles. The summed E-state index contributed by atoms with van der Waals surface area (Å²) >= 11 is 0. The van der Waals surface area contributed by atoms with Gasteiger partial charge in [-0.25, -0.2) is 0 Å². The number of benzene rings is 1. The summed E-state index contributed by atoms with van der Waals surface area (Å²) < 4.78 is 15.4. The van der Waals surface area contributed by atoms with Gasteiger partial charge in [0.05, 0.1) is 6.61 Å². The lowest BCUT2D eigenvalue weighted by atomic mass is 9.96. The maximum atomic E-state index is 11.7. The predicted octanol–water partition coefficient (Wildman–Crippen LogP) is 1.73. The van der Waals surface area contributed by atoms with Crippen LogP contribution in [0, 0.1) is 5.92 Å². The molecule has 1 unspecified atom stereocenters. The number of ketones is 1. The molecule has 0 saturated heterocycles. The fourth-order valence-electron chi connectivity index (χ4n) is 1.94. The summed E-state index contributed by atoms with van der Waals surface area (Å²) in [7, 11) is 0. The first-order chi connectivity index (χ1) is 9.11. The maximum Gasteiger partial charge on any atom is 0.316 e. The molecule has 0 fully saturated rings. The number of carbonyl (C=O) groups is 2. The number of hydrogen-bond acceptors (Lipinski definition) is 5. The van der Waals surface area contributed by atoms with E-state index in [2.05, 4.69) is 0 Å². The van der Waals surface area contributed by atoms with Crippen LogP contribution in [0.2, 0.25) is 0 Å². The average Bonchev–Trinajstić information content (AvgIpc) is 2.83. The Kier molecular flexibility index (Phi) is 4.04. The van der Waals surface area contributed by atoms with Gasteiger partial charge in [0.25, 0.3) is 0 Å². The topological polar surface area (TPSA) is 61.8 Å². The highest BCUT2D eigenvalue weighted by atomic mass is 16.7. The molecule has 1 atom stereocenters. The Balaban J connectivity index is 2.13. The molecule has 19 heavy (non-hydrogen) atoms. The molecule has 5 heteroatoms. The van der Waals surface area contributed by atoms with Crippen LogP contribution in [-0.2, 0) is 20.7 Å². The van der Waals surface area contributed by atoms with Gasteiger partial charge in [-0.2, -0.15) is 0 Å². The highest BCUT2D eigenvalue weighted by molar-refractivity contribution is 5.98. The van der Waals surface area contributed by atoms with Crippen molar-refractivity contribution in [3.8, 4) is 11.5 Å².